The van der Waals surface area contributed by atoms with Crippen LogP contribution in [0.25, 0.3) is 0 Å². The van der Waals surface area contributed by atoms with E-state index in [0.29, 0.717) is 9.99 Å². The lowest BCUT2D eigenvalue weighted by atomic mass is 10.1. The van der Waals surface area contributed by atoms with Gasteiger partial charge in [-0.3, -0.25) is 0 Å². The van der Waals surface area contributed by atoms with E-state index in [1.54, 1.807) is 18.2 Å². The van der Waals surface area contributed by atoms with Gasteiger partial charge in [0.05, 0.1) is 5.69 Å². The van der Waals surface area contributed by atoms with Crippen molar-refractivity contribution < 1.29 is 13.2 Å². The quantitative estimate of drug-likeness (QED) is 0.885. The van der Waals surface area contributed by atoms with Gasteiger partial charge in [-0.15, -0.1) is 0 Å². The molecule has 0 spiro atoms. The number of benzene rings is 2. The first kappa shape index (κ1) is 16.2. The van der Waals surface area contributed by atoms with Crippen molar-refractivity contribution in [3.8, 4) is 0 Å². The van der Waals surface area contributed by atoms with E-state index >= 15 is 0 Å². The molecule has 0 fully saturated rings. The minimum absolute atomic E-state index is 0.00462. The Balaban J connectivity index is 1.73. The fraction of sp³-hybridized carbons (Fsp3) is 0.125. The van der Waals surface area contributed by atoms with E-state index in [0.717, 1.165) is 11.9 Å². The molecule has 1 heterocycles. The van der Waals surface area contributed by atoms with Crippen molar-refractivity contribution in [2.24, 2.45) is 10.7 Å². The Kier molecular flexibility index (Phi) is 4.32. The predicted molar refractivity (Wildman–Crippen MR) is 90.4 cm³/mol. The maximum absolute atomic E-state index is 12.5. The topological polar surface area (TPSA) is 105 Å². The number of nitrogens with one attached hydrogen (secondary N) is 1. The highest BCUT2D eigenvalue weighted by Gasteiger charge is 2.33. The SMILES string of the molecule is NC(CNC(=O)N1C=Nc2ccccc2S1(=O)=O)c1ccccc1. The van der Waals surface area contributed by atoms with Crippen LogP contribution in [0.5, 0.6) is 0 Å². The lowest BCUT2D eigenvalue weighted by Gasteiger charge is -2.23. The first-order chi connectivity index (χ1) is 11.5. The molecule has 7 nitrogen and oxygen atoms in total. The number of amides is 2. The van der Waals surface area contributed by atoms with Crippen molar-refractivity contribution in [3.05, 3.63) is 60.2 Å². The van der Waals surface area contributed by atoms with Gasteiger partial charge >= 0.3 is 6.03 Å². The second-order valence-corrected chi connectivity index (χ2v) is 7.00. The van der Waals surface area contributed by atoms with Crippen molar-refractivity contribution in [1.82, 2.24) is 9.62 Å². The number of nitrogens with zero attached hydrogens (tertiary/aromatic N) is 2. The van der Waals surface area contributed by atoms with Crippen molar-refractivity contribution in [2.75, 3.05) is 6.54 Å². The van der Waals surface area contributed by atoms with Crippen LogP contribution < -0.4 is 11.1 Å². The third-order valence-electron chi connectivity index (χ3n) is 3.60. The summed E-state index contributed by atoms with van der Waals surface area (Å²) in [6.45, 7) is 0.102. The molecule has 2 aromatic carbocycles. The molecule has 124 valence electrons. The van der Waals surface area contributed by atoms with Crippen LogP contribution in [0.15, 0.2) is 64.5 Å². The van der Waals surface area contributed by atoms with Gasteiger partial charge in [-0.2, -0.15) is 4.31 Å². The van der Waals surface area contributed by atoms with Crippen LogP contribution in [-0.4, -0.2) is 31.6 Å². The molecule has 3 rings (SSSR count). The fourth-order valence-electron chi connectivity index (χ4n) is 2.32. The van der Waals surface area contributed by atoms with E-state index in [4.69, 9.17) is 5.73 Å². The summed E-state index contributed by atoms with van der Waals surface area (Å²) in [5.41, 5.74) is 7.15. The monoisotopic (exact) mass is 344 g/mol. The summed E-state index contributed by atoms with van der Waals surface area (Å²) < 4.78 is 25.6. The van der Waals surface area contributed by atoms with Gasteiger partial charge in [-0.25, -0.2) is 18.2 Å². The molecule has 3 N–H and O–H groups in total. The van der Waals surface area contributed by atoms with E-state index in [9.17, 15) is 13.2 Å². The van der Waals surface area contributed by atoms with Crippen LogP contribution >= 0.6 is 0 Å². The van der Waals surface area contributed by atoms with Crippen LogP contribution in [-0.2, 0) is 10.0 Å². The lowest BCUT2D eigenvalue weighted by molar-refractivity contribution is 0.234. The van der Waals surface area contributed by atoms with Crippen molar-refractivity contribution in [3.63, 3.8) is 0 Å². The first-order valence-electron chi connectivity index (χ1n) is 7.26. The van der Waals surface area contributed by atoms with Crippen molar-refractivity contribution in [2.45, 2.75) is 10.9 Å². The fourth-order valence-corrected chi connectivity index (χ4v) is 3.62. The molecule has 0 aliphatic carbocycles. The van der Waals surface area contributed by atoms with Crippen LogP contribution in [0.4, 0.5) is 10.5 Å². The molecule has 1 unspecified atom stereocenters. The Morgan fingerprint density at radius 2 is 1.79 bits per heavy atom. The lowest BCUT2D eigenvalue weighted by Crippen LogP contribution is -2.45. The maximum atomic E-state index is 12.5. The van der Waals surface area contributed by atoms with E-state index < -0.39 is 22.1 Å². The molecule has 8 heteroatoms. The van der Waals surface area contributed by atoms with E-state index in [1.165, 1.54) is 6.07 Å². The van der Waals surface area contributed by atoms with Gasteiger partial charge in [-0.05, 0) is 17.7 Å². The summed E-state index contributed by atoms with van der Waals surface area (Å²) in [5, 5.41) is 2.53. The number of fused-ring (bicyclic) bond motifs is 1. The second kappa shape index (κ2) is 6.42. The minimum atomic E-state index is -3.96. The van der Waals surface area contributed by atoms with Crippen molar-refractivity contribution in [1.29, 1.82) is 0 Å². The summed E-state index contributed by atoms with van der Waals surface area (Å²) in [6.07, 6.45) is 1.00. The Morgan fingerprint density at radius 1 is 1.12 bits per heavy atom. The van der Waals surface area contributed by atoms with Gasteiger partial charge in [0.2, 0.25) is 0 Å². The minimum Gasteiger partial charge on any atom is -0.335 e. The van der Waals surface area contributed by atoms with Gasteiger partial charge in [0.15, 0.2) is 0 Å². The molecule has 0 aromatic heterocycles. The number of nitrogens with two attached hydrogens (primary N) is 1. The number of sulfonamides is 1. The molecular formula is C16H16N4O3S. The Labute approximate surface area is 139 Å². The van der Waals surface area contributed by atoms with Crippen LogP contribution in [0, 0.1) is 0 Å². The Morgan fingerprint density at radius 3 is 2.54 bits per heavy atom. The molecule has 1 atom stereocenters. The smallest absolute Gasteiger partial charge is 0.335 e. The summed E-state index contributed by atoms with van der Waals surface area (Å²) >= 11 is 0. The van der Waals surface area contributed by atoms with Crippen LogP contribution in [0.3, 0.4) is 0 Å². The summed E-state index contributed by atoms with van der Waals surface area (Å²) in [6, 6.07) is 14.2. The molecule has 2 amide bonds. The third-order valence-corrected chi connectivity index (χ3v) is 5.28. The van der Waals surface area contributed by atoms with Gasteiger partial charge in [0, 0.05) is 12.6 Å². The molecule has 0 saturated heterocycles. The standard InChI is InChI=1S/C16H16N4O3S/c17-13(12-6-2-1-3-7-12)10-18-16(21)20-11-19-14-8-4-5-9-15(14)24(20,22)23/h1-9,11,13H,10,17H2,(H,18,21). The van der Waals surface area contributed by atoms with Gasteiger partial charge in [-0.1, -0.05) is 42.5 Å². The predicted octanol–water partition coefficient (Wildman–Crippen LogP) is 1.76. The number of hydrogen-bond donors (Lipinski definition) is 2. The Bertz CT molecular complexity index is 881. The zero-order valence-corrected chi connectivity index (χ0v) is 13.5. The molecular weight excluding hydrogens is 328 g/mol. The van der Waals surface area contributed by atoms with Gasteiger partial charge in [0.25, 0.3) is 10.0 Å². The van der Waals surface area contributed by atoms with Crippen LogP contribution in [0.1, 0.15) is 11.6 Å². The largest absolute Gasteiger partial charge is 0.336 e. The molecule has 0 bridgehead atoms. The number of aliphatic imine (C=N–C) groups is 1. The normalized spacial score (nSPS) is 16.3. The van der Waals surface area contributed by atoms with Gasteiger partial charge < -0.3 is 11.1 Å². The highest BCUT2D eigenvalue weighted by atomic mass is 32.2. The number of urea groups is 1. The molecule has 0 saturated carbocycles. The number of rotatable bonds is 3. The Hall–Kier alpha value is -2.71. The third kappa shape index (κ3) is 3.01. The molecule has 1 aliphatic heterocycles. The molecule has 1 aliphatic rings. The number of para-hydroxylation sites is 1. The average Bonchev–Trinajstić information content (AvgIpc) is 2.60. The number of hydrogen-bond acceptors (Lipinski definition) is 5. The zero-order valence-electron chi connectivity index (χ0n) is 12.7. The van der Waals surface area contributed by atoms with E-state index in [2.05, 4.69) is 10.3 Å². The second-order valence-electron chi connectivity index (χ2n) is 5.22. The summed E-state index contributed by atoms with van der Waals surface area (Å²) in [4.78, 5) is 16.2. The van der Waals surface area contributed by atoms with E-state index in [-0.39, 0.29) is 11.4 Å². The summed E-state index contributed by atoms with van der Waals surface area (Å²) in [7, 11) is -3.96. The van der Waals surface area contributed by atoms with Gasteiger partial charge in [0.1, 0.15) is 11.2 Å². The molecule has 0 radical (unpaired) electrons. The highest BCUT2D eigenvalue weighted by molar-refractivity contribution is 7.90. The number of carbonyl (C=O) groups excluding carboxylic acids is 1. The van der Waals surface area contributed by atoms with Crippen LogP contribution in [0.2, 0.25) is 0 Å². The maximum Gasteiger partial charge on any atom is 0.336 e. The highest BCUT2D eigenvalue weighted by Crippen LogP contribution is 2.29. The first-order valence-corrected chi connectivity index (χ1v) is 8.70. The molecule has 24 heavy (non-hydrogen) atoms. The summed E-state index contributed by atoms with van der Waals surface area (Å²) in [5.74, 6) is 0. The average molecular weight is 344 g/mol. The van der Waals surface area contributed by atoms with Crippen molar-refractivity contribution >= 4 is 28.1 Å². The molecule has 2 aromatic rings. The van der Waals surface area contributed by atoms with E-state index in [1.807, 2.05) is 30.3 Å². The number of carbonyl (C=O) groups is 1. The zero-order chi connectivity index (χ0) is 17.2.